The Bertz CT molecular complexity index is 819. The zero-order chi connectivity index (χ0) is 17.5. The summed E-state index contributed by atoms with van der Waals surface area (Å²) >= 11 is 0. The van der Waals surface area contributed by atoms with Gasteiger partial charge in [0.15, 0.2) is 0 Å². The lowest BCUT2D eigenvalue weighted by molar-refractivity contribution is -0.121. The molecule has 1 N–H and O–H groups in total. The van der Waals surface area contributed by atoms with Crippen LogP contribution in [0, 0.1) is 5.82 Å². The number of nitrogens with one attached hydrogen (secondary N) is 1. The monoisotopic (exact) mass is 341 g/mol. The smallest absolute Gasteiger partial charge is 0.246 e. The zero-order valence-electron chi connectivity index (χ0n) is 13.3. The van der Waals surface area contributed by atoms with Crippen LogP contribution in [0.2, 0.25) is 0 Å². The van der Waals surface area contributed by atoms with Crippen LogP contribution < -0.4 is 10.1 Å². The van der Waals surface area contributed by atoms with Crippen LogP contribution in [0.25, 0.3) is 11.4 Å². The number of hydrogen-bond acceptors (Lipinski definition) is 5. The molecular formula is C18H16FN3O3. The van der Waals surface area contributed by atoms with Crippen molar-refractivity contribution in [3.05, 3.63) is 66.3 Å². The van der Waals surface area contributed by atoms with Crippen LogP contribution in [0.15, 0.2) is 59.1 Å². The Kier molecular flexibility index (Phi) is 5.36. The van der Waals surface area contributed by atoms with Crippen molar-refractivity contribution in [2.45, 2.75) is 13.0 Å². The number of hydrogen-bond donors (Lipinski definition) is 1. The van der Waals surface area contributed by atoms with Gasteiger partial charge in [0, 0.05) is 5.56 Å². The van der Waals surface area contributed by atoms with Gasteiger partial charge in [-0.1, -0.05) is 23.4 Å². The summed E-state index contributed by atoms with van der Waals surface area (Å²) in [5.74, 6) is 0.819. The number of ether oxygens (including phenoxy) is 1. The molecule has 6 nitrogen and oxygen atoms in total. The van der Waals surface area contributed by atoms with Crippen LogP contribution >= 0.6 is 0 Å². The van der Waals surface area contributed by atoms with E-state index < -0.39 is 0 Å². The molecular weight excluding hydrogens is 325 g/mol. The number of aromatic nitrogens is 2. The van der Waals surface area contributed by atoms with Crippen molar-refractivity contribution >= 4 is 5.91 Å². The molecule has 0 saturated heterocycles. The van der Waals surface area contributed by atoms with Crippen molar-refractivity contribution < 1.29 is 18.4 Å². The lowest BCUT2D eigenvalue weighted by Crippen LogP contribution is -2.24. The van der Waals surface area contributed by atoms with E-state index in [2.05, 4.69) is 15.5 Å². The Morgan fingerprint density at radius 3 is 2.64 bits per heavy atom. The van der Waals surface area contributed by atoms with Crippen molar-refractivity contribution in [1.29, 1.82) is 0 Å². The van der Waals surface area contributed by atoms with E-state index in [9.17, 15) is 9.18 Å². The Balaban J connectivity index is 1.44. The second kappa shape index (κ2) is 8.05. The SMILES string of the molecule is O=C(CCOc1ccccc1)NCc1nc(-c2ccc(F)cc2)no1. The number of benzene rings is 2. The Labute approximate surface area is 143 Å². The van der Waals surface area contributed by atoms with Crippen LogP contribution in [0.5, 0.6) is 5.75 Å². The summed E-state index contributed by atoms with van der Waals surface area (Å²) in [6.07, 6.45) is 0.216. The van der Waals surface area contributed by atoms with Gasteiger partial charge < -0.3 is 14.6 Å². The van der Waals surface area contributed by atoms with Gasteiger partial charge in [0.1, 0.15) is 11.6 Å². The first-order chi connectivity index (χ1) is 12.2. The Morgan fingerprint density at radius 1 is 1.12 bits per heavy atom. The molecule has 0 aliphatic rings. The molecule has 128 valence electrons. The fourth-order valence-corrected chi connectivity index (χ4v) is 2.08. The highest BCUT2D eigenvalue weighted by Crippen LogP contribution is 2.16. The Hall–Kier alpha value is -3.22. The molecule has 1 aromatic heterocycles. The van der Waals surface area contributed by atoms with Crippen LogP contribution in [0.4, 0.5) is 4.39 Å². The van der Waals surface area contributed by atoms with Crippen molar-refractivity contribution in [2.24, 2.45) is 0 Å². The molecule has 2 aromatic carbocycles. The minimum atomic E-state index is -0.336. The predicted octanol–water partition coefficient (Wildman–Crippen LogP) is 2.96. The van der Waals surface area contributed by atoms with Crippen LogP contribution in [0.1, 0.15) is 12.3 Å². The molecule has 3 rings (SSSR count). The van der Waals surface area contributed by atoms with E-state index in [-0.39, 0.29) is 37.2 Å². The highest BCUT2D eigenvalue weighted by Gasteiger charge is 2.10. The molecule has 0 unspecified atom stereocenters. The van der Waals surface area contributed by atoms with Gasteiger partial charge in [0.25, 0.3) is 0 Å². The van der Waals surface area contributed by atoms with Crippen molar-refractivity contribution in [1.82, 2.24) is 15.5 Å². The third kappa shape index (κ3) is 4.87. The fourth-order valence-electron chi connectivity index (χ4n) is 2.08. The van der Waals surface area contributed by atoms with Crippen LogP contribution in [0.3, 0.4) is 0 Å². The number of nitrogens with zero attached hydrogens (tertiary/aromatic N) is 2. The summed E-state index contributed by atoms with van der Waals surface area (Å²) in [6.45, 7) is 0.402. The number of rotatable bonds is 7. The highest BCUT2D eigenvalue weighted by atomic mass is 19.1. The number of amides is 1. The third-order valence-corrected chi connectivity index (χ3v) is 3.35. The average Bonchev–Trinajstić information content (AvgIpc) is 3.10. The lowest BCUT2D eigenvalue weighted by Gasteiger charge is -2.05. The predicted molar refractivity (Wildman–Crippen MR) is 88.1 cm³/mol. The third-order valence-electron chi connectivity index (χ3n) is 3.35. The first-order valence-corrected chi connectivity index (χ1v) is 7.74. The largest absolute Gasteiger partial charge is 0.493 e. The molecule has 0 aliphatic heterocycles. The number of para-hydroxylation sites is 1. The first-order valence-electron chi connectivity index (χ1n) is 7.74. The van der Waals surface area contributed by atoms with E-state index in [1.165, 1.54) is 12.1 Å². The average molecular weight is 341 g/mol. The number of halogens is 1. The lowest BCUT2D eigenvalue weighted by atomic mass is 10.2. The zero-order valence-corrected chi connectivity index (χ0v) is 13.3. The summed E-state index contributed by atoms with van der Waals surface area (Å²) in [6, 6.07) is 15.0. The second-order valence-electron chi connectivity index (χ2n) is 5.21. The van der Waals surface area contributed by atoms with Gasteiger partial charge in [-0.15, -0.1) is 0 Å². The molecule has 0 radical (unpaired) electrons. The van der Waals surface area contributed by atoms with Crippen molar-refractivity contribution in [2.75, 3.05) is 6.61 Å². The summed E-state index contributed by atoms with van der Waals surface area (Å²) in [4.78, 5) is 16.0. The standard InChI is InChI=1S/C18H16FN3O3/c19-14-8-6-13(7-9-14)18-21-17(25-22-18)12-20-16(23)10-11-24-15-4-2-1-3-5-15/h1-9H,10-12H2,(H,20,23). The van der Waals surface area contributed by atoms with Gasteiger partial charge in [0.05, 0.1) is 19.6 Å². The van der Waals surface area contributed by atoms with E-state index in [1.54, 1.807) is 12.1 Å². The molecule has 25 heavy (non-hydrogen) atoms. The summed E-state index contributed by atoms with van der Waals surface area (Å²) in [7, 11) is 0. The minimum absolute atomic E-state index is 0.123. The highest BCUT2D eigenvalue weighted by molar-refractivity contribution is 5.75. The second-order valence-corrected chi connectivity index (χ2v) is 5.21. The molecule has 1 amide bonds. The maximum absolute atomic E-state index is 12.9. The van der Waals surface area contributed by atoms with Crippen LogP contribution in [-0.2, 0) is 11.3 Å². The van der Waals surface area contributed by atoms with Gasteiger partial charge in [-0.25, -0.2) is 4.39 Å². The Morgan fingerprint density at radius 2 is 1.88 bits per heavy atom. The molecule has 0 atom stereocenters. The van der Waals surface area contributed by atoms with E-state index in [0.29, 0.717) is 11.4 Å². The minimum Gasteiger partial charge on any atom is -0.493 e. The molecule has 0 spiro atoms. The maximum atomic E-state index is 12.9. The quantitative estimate of drug-likeness (QED) is 0.715. The van der Waals surface area contributed by atoms with Crippen molar-refractivity contribution in [3.63, 3.8) is 0 Å². The normalized spacial score (nSPS) is 10.4. The van der Waals surface area contributed by atoms with E-state index >= 15 is 0 Å². The maximum Gasteiger partial charge on any atom is 0.246 e. The molecule has 1 heterocycles. The molecule has 0 bridgehead atoms. The topological polar surface area (TPSA) is 77.2 Å². The van der Waals surface area contributed by atoms with Crippen molar-refractivity contribution in [3.8, 4) is 17.1 Å². The summed E-state index contributed by atoms with van der Waals surface area (Å²) < 4.78 is 23.4. The van der Waals surface area contributed by atoms with Gasteiger partial charge >= 0.3 is 0 Å². The van der Waals surface area contributed by atoms with Gasteiger partial charge in [-0.2, -0.15) is 4.98 Å². The first kappa shape index (κ1) is 16.6. The molecule has 0 aliphatic carbocycles. The number of carbonyl (C=O) groups excluding carboxylic acids is 1. The van der Waals surface area contributed by atoms with E-state index in [1.807, 2.05) is 30.3 Å². The van der Waals surface area contributed by atoms with Gasteiger partial charge in [-0.3, -0.25) is 4.79 Å². The van der Waals surface area contributed by atoms with Gasteiger partial charge in [-0.05, 0) is 36.4 Å². The summed E-state index contributed by atoms with van der Waals surface area (Å²) in [5, 5.41) is 6.50. The molecule has 0 fully saturated rings. The van der Waals surface area contributed by atoms with Crippen LogP contribution in [-0.4, -0.2) is 22.7 Å². The van der Waals surface area contributed by atoms with E-state index in [0.717, 1.165) is 5.75 Å². The van der Waals surface area contributed by atoms with Gasteiger partial charge in [0.2, 0.25) is 17.6 Å². The fraction of sp³-hybridized carbons (Fsp3) is 0.167. The summed E-state index contributed by atoms with van der Waals surface area (Å²) in [5.41, 5.74) is 0.638. The molecule has 0 saturated carbocycles. The number of carbonyl (C=O) groups is 1. The van der Waals surface area contributed by atoms with E-state index in [4.69, 9.17) is 9.26 Å². The molecule has 3 aromatic rings. The molecule has 7 heteroatoms.